The number of hydrogen-bond acceptors (Lipinski definition) is 6. The molecule has 1 aromatic heterocycles. The van der Waals surface area contributed by atoms with Crippen LogP contribution in [0.3, 0.4) is 0 Å². The second-order valence-corrected chi connectivity index (χ2v) is 5.98. The molecular formula is C16H20ClN5O2. The third-order valence-electron chi connectivity index (χ3n) is 3.14. The Morgan fingerprint density at radius 3 is 2.58 bits per heavy atom. The zero-order valence-electron chi connectivity index (χ0n) is 13.7. The largest absolute Gasteiger partial charge is 0.493 e. The van der Waals surface area contributed by atoms with Gasteiger partial charge in [-0.25, -0.2) is 0 Å². The number of anilines is 1. The first-order valence-corrected chi connectivity index (χ1v) is 8.27. The first-order valence-electron chi connectivity index (χ1n) is 7.73. The van der Waals surface area contributed by atoms with Crippen molar-refractivity contribution >= 4 is 23.2 Å². The van der Waals surface area contributed by atoms with Gasteiger partial charge in [0.25, 0.3) is 5.91 Å². The molecule has 2 aromatic rings. The van der Waals surface area contributed by atoms with E-state index in [1.54, 1.807) is 4.90 Å². The van der Waals surface area contributed by atoms with Crippen LogP contribution < -0.4 is 9.64 Å². The maximum atomic E-state index is 12.6. The van der Waals surface area contributed by atoms with Crippen LogP contribution in [0.2, 0.25) is 0 Å². The Morgan fingerprint density at radius 1 is 1.25 bits per heavy atom. The summed E-state index contributed by atoms with van der Waals surface area (Å²) in [6.45, 7) is 5.29. The van der Waals surface area contributed by atoms with Gasteiger partial charge in [-0.3, -0.25) is 4.79 Å². The standard InChI is InChI=1S/C16H20ClN5O2/c1-12(2)11-24-14-6-4-13(5-7-14)22(9-3-8-17)16(23)15-10-18-20-21-19-15/h4-7,10,12H,3,8-9,11H2,1-2H3. The second-order valence-electron chi connectivity index (χ2n) is 5.61. The van der Waals surface area contributed by atoms with Crippen molar-refractivity contribution in [2.45, 2.75) is 20.3 Å². The monoisotopic (exact) mass is 349 g/mol. The highest BCUT2D eigenvalue weighted by atomic mass is 35.5. The number of carbonyl (C=O) groups is 1. The lowest BCUT2D eigenvalue weighted by atomic mass is 10.2. The molecule has 0 atom stereocenters. The third-order valence-corrected chi connectivity index (χ3v) is 3.40. The Kier molecular flexibility index (Phi) is 6.87. The molecular weight excluding hydrogens is 330 g/mol. The van der Waals surface area contributed by atoms with Crippen LogP contribution in [0.1, 0.15) is 30.8 Å². The van der Waals surface area contributed by atoms with Crippen LogP contribution in [0.5, 0.6) is 5.75 Å². The Labute approximate surface area is 146 Å². The number of halogens is 1. The van der Waals surface area contributed by atoms with Crippen molar-refractivity contribution in [2.75, 3.05) is 23.9 Å². The van der Waals surface area contributed by atoms with Gasteiger partial charge in [-0.15, -0.1) is 21.8 Å². The van der Waals surface area contributed by atoms with Crippen LogP contribution >= 0.6 is 11.6 Å². The fourth-order valence-corrected chi connectivity index (χ4v) is 2.10. The molecule has 0 saturated carbocycles. The smallest absolute Gasteiger partial charge is 0.280 e. The molecule has 24 heavy (non-hydrogen) atoms. The van der Waals surface area contributed by atoms with E-state index >= 15 is 0 Å². The van der Waals surface area contributed by atoms with Gasteiger partial charge in [0.05, 0.1) is 12.8 Å². The van der Waals surface area contributed by atoms with Crippen LogP contribution in [-0.2, 0) is 0 Å². The molecule has 0 radical (unpaired) electrons. The minimum Gasteiger partial charge on any atom is -0.493 e. The van der Waals surface area contributed by atoms with Crippen molar-refractivity contribution in [3.63, 3.8) is 0 Å². The van der Waals surface area contributed by atoms with E-state index in [2.05, 4.69) is 34.5 Å². The maximum Gasteiger partial charge on any atom is 0.280 e. The van der Waals surface area contributed by atoms with E-state index in [4.69, 9.17) is 16.3 Å². The maximum absolute atomic E-state index is 12.6. The van der Waals surface area contributed by atoms with Gasteiger partial charge in [0.15, 0.2) is 5.69 Å². The molecule has 0 unspecified atom stereocenters. The summed E-state index contributed by atoms with van der Waals surface area (Å²) in [6.07, 6.45) is 1.95. The molecule has 0 aliphatic rings. The zero-order valence-corrected chi connectivity index (χ0v) is 14.5. The van der Waals surface area contributed by atoms with Gasteiger partial charge in [-0.1, -0.05) is 13.8 Å². The number of ether oxygens (including phenoxy) is 1. The summed E-state index contributed by atoms with van der Waals surface area (Å²) in [6, 6.07) is 7.36. The van der Waals surface area contributed by atoms with Gasteiger partial charge in [-0.05, 0) is 47.0 Å². The first kappa shape index (κ1) is 18.1. The minimum absolute atomic E-state index is 0.139. The second kappa shape index (κ2) is 9.12. The van der Waals surface area contributed by atoms with E-state index in [1.807, 2.05) is 24.3 Å². The van der Waals surface area contributed by atoms with Crippen molar-refractivity contribution in [1.82, 2.24) is 20.6 Å². The number of benzene rings is 1. The molecule has 1 heterocycles. The lowest BCUT2D eigenvalue weighted by molar-refractivity contribution is 0.0980. The summed E-state index contributed by atoms with van der Waals surface area (Å²) >= 11 is 5.77. The summed E-state index contributed by atoms with van der Waals surface area (Å²) in [5.41, 5.74) is 0.875. The van der Waals surface area contributed by atoms with Crippen LogP contribution in [0.4, 0.5) is 5.69 Å². The van der Waals surface area contributed by atoms with E-state index in [-0.39, 0.29) is 11.6 Å². The highest BCUT2D eigenvalue weighted by Gasteiger charge is 2.19. The van der Waals surface area contributed by atoms with E-state index in [1.165, 1.54) is 6.20 Å². The highest BCUT2D eigenvalue weighted by molar-refractivity contribution is 6.17. The van der Waals surface area contributed by atoms with Gasteiger partial charge in [0.1, 0.15) is 5.75 Å². The quantitative estimate of drug-likeness (QED) is 0.681. The van der Waals surface area contributed by atoms with Crippen LogP contribution in [0.15, 0.2) is 30.5 Å². The average molecular weight is 350 g/mol. The van der Waals surface area contributed by atoms with Gasteiger partial charge in [0.2, 0.25) is 0 Å². The molecule has 128 valence electrons. The van der Waals surface area contributed by atoms with Crippen molar-refractivity contribution in [3.8, 4) is 5.75 Å². The fraction of sp³-hybridized carbons (Fsp3) is 0.438. The molecule has 0 saturated heterocycles. The van der Waals surface area contributed by atoms with Crippen LogP contribution in [-0.4, -0.2) is 45.6 Å². The molecule has 0 bridgehead atoms. The van der Waals surface area contributed by atoms with Gasteiger partial charge >= 0.3 is 0 Å². The number of aromatic nitrogens is 4. The summed E-state index contributed by atoms with van der Waals surface area (Å²) in [7, 11) is 0. The van der Waals surface area contributed by atoms with Crippen LogP contribution in [0.25, 0.3) is 0 Å². The summed E-state index contributed by atoms with van der Waals surface area (Å²) in [4.78, 5) is 14.2. The number of hydrogen-bond donors (Lipinski definition) is 0. The van der Waals surface area contributed by atoms with Gasteiger partial charge < -0.3 is 9.64 Å². The molecule has 0 aliphatic carbocycles. The van der Waals surface area contributed by atoms with E-state index < -0.39 is 0 Å². The molecule has 0 spiro atoms. The third kappa shape index (κ3) is 5.13. The zero-order chi connectivity index (χ0) is 17.4. The predicted molar refractivity (Wildman–Crippen MR) is 91.4 cm³/mol. The molecule has 0 fully saturated rings. The lowest BCUT2D eigenvalue weighted by Crippen LogP contribution is -2.33. The molecule has 1 amide bonds. The Hall–Kier alpha value is -2.28. The number of carbonyl (C=O) groups excluding carboxylic acids is 1. The van der Waals surface area contributed by atoms with Crippen molar-refractivity contribution in [3.05, 3.63) is 36.2 Å². The Morgan fingerprint density at radius 2 is 2.00 bits per heavy atom. The minimum atomic E-state index is -0.293. The molecule has 2 rings (SSSR count). The Balaban J connectivity index is 2.16. The number of rotatable bonds is 8. The molecule has 7 nitrogen and oxygen atoms in total. The normalized spacial score (nSPS) is 10.7. The van der Waals surface area contributed by atoms with Gasteiger partial charge in [-0.2, -0.15) is 0 Å². The number of nitrogens with zero attached hydrogens (tertiary/aromatic N) is 5. The van der Waals surface area contributed by atoms with Crippen molar-refractivity contribution < 1.29 is 9.53 Å². The van der Waals surface area contributed by atoms with Crippen molar-refractivity contribution in [1.29, 1.82) is 0 Å². The molecule has 0 N–H and O–H groups in total. The summed E-state index contributed by atoms with van der Waals surface area (Å²) < 4.78 is 5.66. The lowest BCUT2D eigenvalue weighted by Gasteiger charge is -2.22. The van der Waals surface area contributed by atoms with E-state index in [0.717, 1.165) is 11.4 Å². The van der Waals surface area contributed by atoms with Crippen LogP contribution in [0, 0.1) is 5.92 Å². The summed E-state index contributed by atoms with van der Waals surface area (Å²) in [5.74, 6) is 1.38. The Bertz CT molecular complexity index is 637. The fourth-order valence-electron chi connectivity index (χ4n) is 1.98. The predicted octanol–water partition coefficient (Wildman–Crippen LogP) is 2.58. The highest BCUT2D eigenvalue weighted by Crippen LogP contribution is 2.21. The van der Waals surface area contributed by atoms with Crippen molar-refractivity contribution in [2.24, 2.45) is 5.92 Å². The van der Waals surface area contributed by atoms with Gasteiger partial charge in [0, 0.05) is 18.1 Å². The topological polar surface area (TPSA) is 81.1 Å². The molecule has 0 aliphatic heterocycles. The molecule has 1 aromatic carbocycles. The number of alkyl halides is 1. The summed E-state index contributed by atoms with van der Waals surface area (Å²) in [5, 5.41) is 14.1. The first-order chi connectivity index (χ1) is 11.6. The average Bonchev–Trinajstić information content (AvgIpc) is 2.61. The number of amides is 1. The van der Waals surface area contributed by atoms with E-state index in [9.17, 15) is 4.79 Å². The molecule has 8 heteroatoms. The van der Waals surface area contributed by atoms with E-state index in [0.29, 0.717) is 31.4 Å². The SMILES string of the molecule is CC(C)COc1ccc(N(CCCCl)C(=O)c2cnnnn2)cc1.